The summed E-state index contributed by atoms with van der Waals surface area (Å²) in [6.45, 7) is 2.25. The van der Waals surface area contributed by atoms with Gasteiger partial charge in [0.05, 0.1) is 6.04 Å². The van der Waals surface area contributed by atoms with Crippen molar-refractivity contribution >= 4 is 11.8 Å². The van der Waals surface area contributed by atoms with E-state index < -0.39 is 0 Å². The van der Waals surface area contributed by atoms with Crippen LogP contribution < -0.4 is 16.0 Å². The molecule has 8 heteroatoms. The lowest BCUT2D eigenvalue weighted by Crippen LogP contribution is -2.58. The largest absolute Gasteiger partial charge is 0.353 e. The topological polar surface area (TPSA) is 73.5 Å². The highest BCUT2D eigenvalue weighted by atomic mass is 19.1. The lowest BCUT2D eigenvalue weighted by molar-refractivity contribution is -0.129. The van der Waals surface area contributed by atoms with Crippen LogP contribution in [0, 0.1) is 11.6 Å². The van der Waals surface area contributed by atoms with Gasteiger partial charge in [0.15, 0.2) is 0 Å². The fourth-order valence-electron chi connectivity index (χ4n) is 4.45. The first-order chi connectivity index (χ1) is 15.5. The molecular formula is C24H28F2N4O2. The number of piperazine rings is 1. The number of rotatable bonds is 8. The molecule has 2 aromatic carbocycles. The van der Waals surface area contributed by atoms with Gasteiger partial charge in [-0.15, -0.1) is 0 Å². The molecule has 2 aliphatic heterocycles. The number of hydrogen-bond donors (Lipinski definition) is 3. The van der Waals surface area contributed by atoms with Crippen LogP contribution in [-0.4, -0.2) is 47.9 Å². The molecule has 2 aromatic rings. The van der Waals surface area contributed by atoms with Gasteiger partial charge >= 0.3 is 0 Å². The number of nitrogens with one attached hydrogen (secondary N) is 3. The molecule has 2 fully saturated rings. The molecule has 6 nitrogen and oxygen atoms in total. The molecule has 0 saturated carbocycles. The molecule has 170 valence electrons. The van der Waals surface area contributed by atoms with Crippen LogP contribution in [0.25, 0.3) is 0 Å². The van der Waals surface area contributed by atoms with Crippen molar-refractivity contribution in [2.45, 2.75) is 50.5 Å². The van der Waals surface area contributed by atoms with Crippen molar-refractivity contribution in [3.63, 3.8) is 0 Å². The van der Waals surface area contributed by atoms with E-state index in [-0.39, 0.29) is 41.6 Å². The van der Waals surface area contributed by atoms with Gasteiger partial charge < -0.3 is 16.0 Å². The van der Waals surface area contributed by atoms with E-state index in [1.54, 1.807) is 24.3 Å². The Morgan fingerprint density at radius 3 is 2.28 bits per heavy atom. The predicted molar refractivity (Wildman–Crippen MR) is 116 cm³/mol. The van der Waals surface area contributed by atoms with Gasteiger partial charge in [-0.2, -0.15) is 0 Å². The third-order valence-electron chi connectivity index (χ3n) is 6.24. The first kappa shape index (κ1) is 22.4. The molecule has 32 heavy (non-hydrogen) atoms. The third kappa shape index (κ3) is 5.69. The zero-order valence-corrected chi connectivity index (χ0v) is 17.8. The van der Waals surface area contributed by atoms with E-state index in [4.69, 9.17) is 0 Å². The molecule has 4 rings (SSSR count). The molecule has 0 unspecified atom stereocenters. The normalized spacial score (nSPS) is 22.9. The zero-order chi connectivity index (χ0) is 22.5. The number of carbonyl (C=O) groups is 2. The first-order valence-electron chi connectivity index (χ1n) is 11.0. The van der Waals surface area contributed by atoms with Crippen molar-refractivity contribution in [3.05, 3.63) is 71.3 Å². The average molecular weight is 443 g/mol. The monoisotopic (exact) mass is 442 g/mol. The Morgan fingerprint density at radius 2 is 1.62 bits per heavy atom. The smallest absolute Gasteiger partial charge is 0.237 e. The summed E-state index contributed by atoms with van der Waals surface area (Å²) in [4.78, 5) is 26.9. The minimum Gasteiger partial charge on any atom is -0.353 e. The van der Waals surface area contributed by atoms with Gasteiger partial charge in [0.25, 0.3) is 0 Å². The number of amides is 2. The second kappa shape index (κ2) is 10.2. The summed E-state index contributed by atoms with van der Waals surface area (Å²) in [5.41, 5.74) is 1.84. The number of benzene rings is 2. The predicted octanol–water partition coefficient (Wildman–Crippen LogP) is 2.09. The van der Waals surface area contributed by atoms with Crippen molar-refractivity contribution in [3.8, 4) is 0 Å². The third-order valence-corrected chi connectivity index (χ3v) is 6.24. The van der Waals surface area contributed by atoms with E-state index in [1.807, 2.05) is 0 Å². The van der Waals surface area contributed by atoms with Crippen molar-refractivity contribution in [2.75, 3.05) is 13.1 Å². The number of halogens is 2. The molecule has 2 amide bonds. The van der Waals surface area contributed by atoms with Crippen LogP contribution in [0.3, 0.4) is 0 Å². The van der Waals surface area contributed by atoms with Gasteiger partial charge in [-0.1, -0.05) is 24.3 Å². The van der Waals surface area contributed by atoms with Crippen LogP contribution in [-0.2, 0) is 22.7 Å². The number of carbonyl (C=O) groups excluding carboxylic acids is 2. The first-order valence-corrected chi connectivity index (χ1v) is 11.0. The van der Waals surface area contributed by atoms with E-state index >= 15 is 0 Å². The highest BCUT2D eigenvalue weighted by molar-refractivity contribution is 5.83. The summed E-state index contributed by atoms with van der Waals surface area (Å²) >= 11 is 0. The van der Waals surface area contributed by atoms with Crippen molar-refractivity contribution in [2.24, 2.45) is 0 Å². The fourth-order valence-corrected chi connectivity index (χ4v) is 4.45. The van der Waals surface area contributed by atoms with Gasteiger partial charge in [-0.05, 0) is 48.2 Å². The second-order valence-electron chi connectivity index (χ2n) is 8.49. The van der Waals surface area contributed by atoms with E-state index in [0.717, 1.165) is 17.7 Å². The molecule has 0 aromatic heterocycles. The number of nitrogens with zero attached hydrogens (tertiary/aromatic N) is 1. The van der Waals surface area contributed by atoms with Crippen LogP contribution in [0.4, 0.5) is 8.78 Å². The summed E-state index contributed by atoms with van der Waals surface area (Å²) in [6, 6.07) is 12.5. The lowest BCUT2D eigenvalue weighted by atomic mass is 10.0. The van der Waals surface area contributed by atoms with Gasteiger partial charge in [-0.25, -0.2) is 8.78 Å². The molecule has 0 spiro atoms. The van der Waals surface area contributed by atoms with Crippen LogP contribution >= 0.6 is 0 Å². The molecule has 2 heterocycles. The van der Waals surface area contributed by atoms with E-state index in [0.29, 0.717) is 38.9 Å². The van der Waals surface area contributed by atoms with Crippen LogP contribution in [0.2, 0.25) is 0 Å². The summed E-state index contributed by atoms with van der Waals surface area (Å²) in [6.07, 6.45) is 1.72. The highest BCUT2D eigenvalue weighted by Gasteiger charge is 2.43. The van der Waals surface area contributed by atoms with E-state index in [2.05, 4.69) is 20.9 Å². The molecule has 0 aliphatic carbocycles. The number of hydrogen-bond acceptors (Lipinski definition) is 4. The zero-order valence-electron chi connectivity index (χ0n) is 17.8. The second-order valence-corrected chi connectivity index (χ2v) is 8.49. The molecule has 3 N–H and O–H groups in total. The Labute approximate surface area is 186 Å². The van der Waals surface area contributed by atoms with Crippen molar-refractivity contribution < 1.29 is 18.4 Å². The number of fused-ring (bicyclic) bond motifs is 1. The Kier molecular flexibility index (Phi) is 7.12. The van der Waals surface area contributed by atoms with Crippen LogP contribution in [0.5, 0.6) is 0 Å². The average Bonchev–Trinajstić information content (AvgIpc) is 3.23. The standard InChI is InChI=1S/C24H28F2N4O2/c25-18-5-1-16(2-6-18)12-27-20-11-22-24(32)29-14-21(30(22)15-20)9-10-23(31)28-13-17-3-7-19(26)8-4-17/h1-8,20-22,27H,9-15H2,(H,28,31)(H,29,32)/t20-,21+,22-/m0/s1. The minimum absolute atomic E-state index is 0.0353. The van der Waals surface area contributed by atoms with Crippen LogP contribution in [0.15, 0.2) is 48.5 Å². The highest BCUT2D eigenvalue weighted by Crippen LogP contribution is 2.26. The molecule has 0 bridgehead atoms. The summed E-state index contributed by atoms with van der Waals surface area (Å²) in [7, 11) is 0. The molecular weight excluding hydrogens is 414 g/mol. The fraction of sp³-hybridized carbons (Fsp3) is 0.417. The van der Waals surface area contributed by atoms with Gasteiger partial charge in [0.2, 0.25) is 11.8 Å². The van der Waals surface area contributed by atoms with E-state index in [9.17, 15) is 18.4 Å². The summed E-state index contributed by atoms with van der Waals surface area (Å²) < 4.78 is 26.1. The van der Waals surface area contributed by atoms with Gasteiger partial charge in [0, 0.05) is 44.7 Å². The lowest BCUT2D eigenvalue weighted by Gasteiger charge is -2.37. The summed E-state index contributed by atoms with van der Waals surface area (Å²) in [5.74, 6) is -0.584. The Bertz CT molecular complexity index is 936. The molecule has 2 aliphatic rings. The Balaban J connectivity index is 1.25. The van der Waals surface area contributed by atoms with Crippen LogP contribution in [0.1, 0.15) is 30.4 Å². The maximum absolute atomic E-state index is 13.1. The quantitative estimate of drug-likeness (QED) is 0.586. The van der Waals surface area contributed by atoms with Gasteiger partial charge in [-0.3, -0.25) is 14.5 Å². The SMILES string of the molecule is O=C(CC[C@@H]1CNC(=O)[C@@H]2C[C@H](NCc3ccc(F)cc3)CN12)NCc1ccc(F)cc1. The Hall–Kier alpha value is -2.84. The molecule has 3 atom stereocenters. The maximum Gasteiger partial charge on any atom is 0.237 e. The van der Waals surface area contributed by atoms with Gasteiger partial charge in [0.1, 0.15) is 11.6 Å². The molecule has 2 saturated heterocycles. The van der Waals surface area contributed by atoms with E-state index in [1.165, 1.54) is 24.3 Å². The van der Waals surface area contributed by atoms with Crippen molar-refractivity contribution in [1.82, 2.24) is 20.9 Å². The Morgan fingerprint density at radius 1 is 1.00 bits per heavy atom. The minimum atomic E-state index is -0.301. The van der Waals surface area contributed by atoms with Crippen molar-refractivity contribution in [1.29, 1.82) is 0 Å². The summed E-state index contributed by atoms with van der Waals surface area (Å²) in [5, 5.41) is 9.32. The maximum atomic E-state index is 13.1. The molecule has 0 radical (unpaired) electrons.